The number of carbonyl (C=O) groups excluding carboxylic acids is 4. The molecule has 292 valence electrons. The van der Waals surface area contributed by atoms with Gasteiger partial charge in [0.1, 0.15) is 24.2 Å². The van der Waals surface area contributed by atoms with Gasteiger partial charge in [0.2, 0.25) is 11.8 Å². The largest absolute Gasteiger partial charge is 0.481 e. The number of amides is 2. The molecule has 0 aliphatic rings. The molecule has 0 rings (SSSR count). The highest BCUT2D eigenvalue weighted by atomic mass is 16.5. The molecule has 0 aromatic carbocycles. The fraction of sp³-hybridized carbons (Fsp3) is 0.842. The van der Waals surface area contributed by atoms with Gasteiger partial charge in [-0.2, -0.15) is 0 Å². The van der Waals surface area contributed by atoms with Crippen molar-refractivity contribution in [3.63, 3.8) is 0 Å². The number of hydrogen-bond donors (Lipinski definition) is 4. The Bertz CT molecular complexity index is 950. The molecule has 2 atom stereocenters. The van der Waals surface area contributed by atoms with Crippen LogP contribution >= 0.6 is 0 Å². The van der Waals surface area contributed by atoms with E-state index in [1.165, 1.54) is 44.9 Å². The van der Waals surface area contributed by atoms with Gasteiger partial charge in [0, 0.05) is 46.2 Å². The number of hydrogen-bond acceptors (Lipinski definition) is 8. The van der Waals surface area contributed by atoms with E-state index in [1.54, 1.807) is 6.92 Å². The van der Waals surface area contributed by atoms with E-state index in [2.05, 4.69) is 10.6 Å². The lowest BCUT2D eigenvalue weighted by Gasteiger charge is -2.14. The predicted octanol–water partition coefficient (Wildman–Crippen LogP) is 6.80. The van der Waals surface area contributed by atoms with Gasteiger partial charge in [-0.3, -0.25) is 24.0 Å². The van der Waals surface area contributed by atoms with Crippen molar-refractivity contribution < 1.29 is 49.9 Å². The summed E-state index contributed by atoms with van der Waals surface area (Å²) in [4.78, 5) is 69.7. The van der Waals surface area contributed by atoms with Crippen LogP contribution in [0.25, 0.3) is 0 Å². The van der Waals surface area contributed by atoms with Crippen molar-refractivity contribution in [3.05, 3.63) is 0 Å². The quantitative estimate of drug-likeness (QED) is 0.0499. The average Bonchev–Trinajstić information content (AvgIpc) is 3.06. The Balaban J connectivity index is 0. The van der Waals surface area contributed by atoms with Crippen LogP contribution in [0.1, 0.15) is 163 Å². The summed E-state index contributed by atoms with van der Waals surface area (Å²) in [5, 5.41) is 23.5. The number of unbranched alkanes of at least 4 members (excludes halogenated alkanes) is 14. The highest BCUT2D eigenvalue weighted by molar-refractivity contribution is 5.84. The standard InChI is InChI=1S/C38H68N2O10.H2/c1-31(32(2)41)20-17-18-26-39-36(44)30-50-29-28-49-27-19-21-33(42)24-25-34(38(47)48)40-35(43)22-15-13-11-9-7-5-3-4-6-8-10-12-14-16-23-37(45)46;/h31,34H,3-30H2,1-2H3,(H,39,44)(H,40,43)(H,45,46)(H,47,48);1H/t31-,34-;/m0./s1. The number of rotatable bonds is 37. The average molecular weight is 715 g/mol. The predicted molar refractivity (Wildman–Crippen MR) is 195 cm³/mol. The van der Waals surface area contributed by atoms with Crippen LogP contribution in [0, 0.1) is 5.92 Å². The third-order valence-corrected chi connectivity index (χ3v) is 8.82. The molecule has 0 saturated heterocycles. The first-order valence-corrected chi connectivity index (χ1v) is 19.2. The minimum atomic E-state index is -1.14. The zero-order chi connectivity index (χ0) is 37.2. The Morgan fingerprint density at radius 1 is 0.580 bits per heavy atom. The van der Waals surface area contributed by atoms with Crippen LogP contribution in [0.5, 0.6) is 0 Å². The van der Waals surface area contributed by atoms with Crippen molar-refractivity contribution in [3.8, 4) is 0 Å². The second kappa shape index (κ2) is 33.3. The number of nitrogens with one attached hydrogen (secondary N) is 2. The van der Waals surface area contributed by atoms with Gasteiger partial charge in [-0.05, 0) is 45.4 Å². The maximum atomic E-state index is 12.3. The highest BCUT2D eigenvalue weighted by Gasteiger charge is 2.20. The Morgan fingerprint density at radius 3 is 1.66 bits per heavy atom. The normalized spacial score (nSPS) is 12.3. The van der Waals surface area contributed by atoms with E-state index in [9.17, 15) is 33.9 Å². The van der Waals surface area contributed by atoms with Gasteiger partial charge < -0.3 is 30.3 Å². The minimum Gasteiger partial charge on any atom is -0.481 e. The molecule has 0 heterocycles. The Morgan fingerprint density at radius 2 is 1.12 bits per heavy atom. The molecule has 0 aromatic heterocycles. The van der Waals surface area contributed by atoms with Crippen molar-refractivity contribution in [1.29, 1.82) is 0 Å². The fourth-order valence-corrected chi connectivity index (χ4v) is 5.45. The number of ketones is 2. The number of carbonyl (C=O) groups is 6. The number of ether oxygens (including phenoxy) is 2. The second-order valence-electron chi connectivity index (χ2n) is 13.5. The highest BCUT2D eigenvalue weighted by Crippen LogP contribution is 2.14. The van der Waals surface area contributed by atoms with Gasteiger partial charge in [0.15, 0.2) is 0 Å². The van der Waals surface area contributed by atoms with Crippen LogP contribution in [0.4, 0.5) is 0 Å². The Labute approximate surface area is 302 Å². The SMILES string of the molecule is CC(=O)[C@@H](C)CCCCNC(=O)COCCOCCCC(=O)CC[C@H](NC(=O)CCCCCCCCCCCCCCCCC(=O)O)C(=O)O.[HH]. The topological polar surface area (TPSA) is 185 Å². The second-order valence-corrected chi connectivity index (χ2v) is 13.5. The van der Waals surface area contributed by atoms with Crippen molar-refractivity contribution in [2.45, 2.75) is 168 Å². The summed E-state index contributed by atoms with van der Waals surface area (Å²) in [5.41, 5.74) is 0. The Hall–Kier alpha value is -2.86. The maximum absolute atomic E-state index is 12.3. The van der Waals surface area contributed by atoms with Crippen LogP contribution in [0.2, 0.25) is 0 Å². The summed E-state index contributed by atoms with van der Waals surface area (Å²) in [6, 6.07) is -1.08. The molecule has 0 spiro atoms. The molecular formula is C38H70N2O10. The summed E-state index contributed by atoms with van der Waals surface area (Å²) in [6.45, 7) is 4.87. The smallest absolute Gasteiger partial charge is 0.326 e. The lowest BCUT2D eigenvalue weighted by atomic mass is 10.0. The molecule has 0 aromatic rings. The van der Waals surface area contributed by atoms with E-state index in [0.29, 0.717) is 32.6 Å². The van der Waals surface area contributed by atoms with Crippen molar-refractivity contribution in [1.82, 2.24) is 10.6 Å². The van der Waals surface area contributed by atoms with E-state index in [-0.39, 0.29) is 76.0 Å². The van der Waals surface area contributed by atoms with Crippen molar-refractivity contribution in [2.24, 2.45) is 5.92 Å². The van der Waals surface area contributed by atoms with E-state index >= 15 is 0 Å². The van der Waals surface area contributed by atoms with E-state index in [4.69, 9.17) is 14.6 Å². The van der Waals surface area contributed by atoms with Crippen molar-refractivity contribution in [2.75, 3.05) is 33.0 Å². The van der Waals surface area contributed by atoms with E-state index in [0.717, 1.165) is 57.8 Å². The van der Waals surface area contributed by atoms with Crippen LogP contribution in [0.15, 0.2) is 0 Å². The van der Waals surface area contributed by atoms with Gasteiger partial charge in [0.25, 0.3) is 0 Å². The number of Topliss-reactive ketones (excluding diaryl/α,β-unsaturated/α-hetero) is 2. The Kier molecular flexibility index (Phi) is 31.4. The van der Waals surface area contributed by atoms with Gasteiger partial charge in [0.05, 0.1) is 13.2 Å². The first-order chi connectivity index (χ1) is 24.0. The molecule has 12 nitrogen and oxygen atoms in total. The van der Waals surface area contributed by atoms with E-state index in [1.807, 2.05) is 6.92 Å². The molecule has 0 bridgehead atoms. The van der Waals surface area contributed by atoms with Gasteiger partial charge in [-0.1, -0.05) is 90.4 Å². The van der Waals surface area contributed by atoms with Gasteiger partial charge in [-0.15, -0.1) is 0 Å². The molecule has 4 N–H and O–H groups in total. The zero-order valence-corrected chi connectivity index (χ0v) is 31.1. The molecule has 0 radical (unpaired) electrons. The van der Waals surface area contributed by atoms with Crippen LogP contribution in [0.3, 0.4) is 0 Å². The molecular weight excluding hydrogens is 644 g/mol. The lowest BCUT2D eigenvalue weighted by Crippen LogP contribution is -2.41. The molecule has 0 aliphatic carbocycles. The monoisotopic (exact) mass is 715 g/mol. The van der Waals surface area contributed by atoms with Crippen LogP contribution in [-0.2, 0) is 38.2 Å². The molecule has 12 heteroatoms. The molecule has 0 unspecified atom stereocenters. The van der Waals surface area contributed by atoms with E-state index < -0.39 is 18.0 Å². The maximum Gasteiger partial charge on any atom is 0.326 e. The summed E-state index contributed by atoms with van der Waals surface area (Å²) >= 11 is 0. The van der Waals surface area contributed by atoms with Gasteiger partial charge >= 0.3 is 11.9 Å². The molecule has 0 aliphatic heterocycles. The number of carboxylic acids is 2. The summed E-state index contributed by atoms with van der Waals surface area (Å²) in [5.74, 6) is -2.19. The lowest BCUT2D eigenvalue weighted by molar-refractivity contribution is -0.142. The summed E-state index contributed by atoms with van der Waals surface area (Å²) < 4.78 is 10.7. The van der Waals surface area contributed by atoms with Crippen LogP contribution < -0.4 is 10.6 Å². The summed E-state index contributed by atoms with van der Waals surface area (Å²) in [7, 11) is 0. The van der Waals surface area contributed by atoms with Crippen molar-refractivity contribution >= 4 is 35.3 Å². The molecule has 2 amide bonds. The van der Waals surface area contributed by atoms with Crippen LogP contribution in [-0.4, -0.2) is 84.5 Å². The summed E-state index contributed by atoms with van der Waals surface area (Å²) in [6.07, 6.45) is 19.2. The zero-order valence-electron chi connectivity index (χ0n) is 31.1. The first-order valence-electron chi connectivity index (χ1n) is 19.2. The van der Waals surface area contributed by atoms with Gasteiger partial charge in [-0.25, -0.2) is 4.79 Å². The molecule has 0 fully saturated rings. The minimum absolute atomic E-state index is 0. The third-order valence-electron chi connectivity index (χ3n) is 8.82. The molecule has 0 saturated carbocycles. The number of carboxylic acid groups (broad SMARTS) is 2. The first kappa shape index (κ1) is 47.1. The third kappa shape index (κ3) is 32.4. The molecule has 50 heavy (non-hydrogen) atoms. The number of aliphatic carboxylic acids is 2. The fourth-order valence-electron chi connectivity index (χ4n) is 5.45.